The highest BCUT2D eigenvalue weighted by Gasteiger charge is 2.12. The predicted molar refractivity (Wildman–Crippen MR) is 121 cm³/mol. The molecular weight excluding hydrogens is 396 g/mol. The summed E-state index contributed by atoms with van der Waals surface area (Å²) in [5.74, 6) is 5.64. The minimum atomic E-state index is -0.455. The standard InChI is InChI=1S/C22H20N6OS/c1-13-19(14(2)27-28-22(24)25)30-21(26-13)18-11-7-16(8-12-18)4-3-15-5-9-17(10-6-15)20(23)29/h5-12H,1-2H3,(H2,23,29)(H4,24,25,28)/b27-14+. The van der Waals surface area contributed by atoms with E-state index in [1.165, 1.54) is 11.3 Å². The lowest BCUT2D eigenvalue weighted by Crippen LogP contribution is -2.22. The molecule has 7 nitrogen and oxygen atoms in total. The van der Waals surface area contributed by atoms with E-state index in [1.807, 2.05) is 38.1 Å². The van der Waals surface area contributed by atoms with E-state index in [0.29, 0.717) is 11.3 Å². The van der Waals surface area contributed by atoms with Crippen molar-refractivity contribution in [3.8, 4) is 22.4 Å². The first-order chi connectivity index (χ1) is 14.3. The summed E-state index contributed by atoms with van der Waals surface area (Å²) in [6.07, 6.45) is 0. The number of primary amides is 1. The van der Waals surface area contributed by atoms with E-state index in [9.17, 15) is 4.79 Å². The van der Waals surface area contributed by atoms with Gasteiger partial charge in [-0.25, -0.2) is 4.98 Å². The van der Waals surface area contributed by atoms with Crippen LogP contribution in [-0.2, 0) is 0 Å². The summed E-state index contributed by atoms with van der Waals surface area (Å²) in [5, 5.41) is 8.60. The normalized spacial score (nSPS) is 10.8. The number of aromatic nitrogens is 1. The average Bonchev–Trinajstić information content (AvgIpc) is 3.13. The van der Waals surface area contributed by atoms with Crippen molar-refractivity contribution in [2.75, 3.05) is 0 Å². The van der Waals surface area contributed by atoms with Gasteiger partial charge in [0, 0.05) is 22.3 Å². The van der Waals surface area contributed by atoms with Crippen molar-refractivity contribution in [1.29, 1.82) is 0 Å². The smallest absolute Gasteiger partial charge is 0.248 e. The van der Waals surface area contributed by atoms with Crippen LogP contribution in [0.1, 0.15) is 39.0 Å². The molecule has 3 rings (SSSR count). The summed E-state index contributed by atoms with van der Waals surface area (Å²) in [5.41, 5.74) is 20.6. The Labute approximate surface area is 178 Å². The number of nitrogens with two attached hydrogens (primary N) is 3. The number of carbonyl (C=O) groups excluding carboxylic acids is 1. The molecule has 0 saturated carbocycles. The predicted octanol–water partition coefficient (Wildman–Crippen LogP) is 2.61. The molecule has 0 radical (unpaired) electrons. The third-order valence-electron chi connectivity index (χ3n) is 4.09. The number of rotatable bonds is 4. The van der Waals surface area contributed by atoms with Crippen LogP contribution in [0.5, 0.6) is 0 Å². The van der Waals surface area contributed by atoms with E-state index in [1.54, 1.807) is 24.3 Å². The molecule has 1 heterocycles. The van der Waals surface area contributed by atoms with Crippen LogP contribution in [0.15, 0.2) is 58.7 Å². The molecule has 0 unspecified atom stereocenters. The number of hydrogen-bond donors (Lipinski definition) is 3. The summed E-state index contributed by atoms with van der Waals surface area (Å²) < 4.78 is 0. The monoisotopic (exact) mass is 416 g/mol. The molecule has 0 fully saturated rings. The van der Waals surface area contributed by atoms with Gasteiger partial charge in [-0.3, -0.25) is 4.79 Å². The summed E-state index contributed by atoms with van der Waals surface area (Å²) in [4.78, 5) is 16.7. The van der Waals surface area contributed by atoms with E-state index in [-0.39, 0.29) is 5.96 Å². The van der Waals surface area contributed by atoms with Gasteiger partial charge in [0.15, 0.2) is 0 Å². The molecular formula is C22H20N6OS. The first kappa shape index (κ1) is 20.8. The zero-order chi connectivity index (χ0) is 21.7. The number of hydrogen-bond acceptors (Lipinski definition) is 5. The quantitative estimate of drug-likeness (QED) is 0.261. The molecule has 0 aliphatic carbocycles. The molecule has 30 heavy (non-hydrogen) atoms. The van der Waals surface area contributed by atoms with Crippen LogP contribution in [0.2, 0.25) is 0 Å². The van der Waals surface area contributed by atoms with Gasteiger partial charge in [-0.1, -0.05) is 24.0 Å². The van der Waals surface area contributed by atoms with E-state index < -0.39 is 5.91 Å². The third-order valence-corrected chi connectivity index (χ3v) is 5.41. The Morgan fingerprint density at radius 3 is 2.03 bits per heavy atom. The van der Waals surface area contributed by atoms with Crippen LogP contribution in [-0.4, -0.2) is 22.6 Å². The average molecular weight is 417 g/mol. The van der Waals surface area contributed by atoms with E-state index in [0.717, 1.165) is 32.3 Å². The van der Waals surface area contributed by atoms with Crippen molar-refractivity contribution in [2.45, 2.75) is 13.8 Å². The molecule has 1 aromatic heterocycles. The molecule has 0 spiro atoms. The lowest BCUT2D eigenvalue weighted by Gasteiger charge is -1.97. The van der Waals surface area contributed by atoms with Crippen LogP contribution >= 0.6 is 11.3 Å². The van der Waals surface area contributed by atoms with Crippen molar-refractivity contribution in [3.63, 3.8) is 0 Å². The topological polar surface area (TPSA) is 133 Å². The third kappa shape index (κ3) is 5.10. The molecule has 6 N–H and O–H groups in total. The lowest BCUT2D eigenvalue weighted by molar-refractivity contribution is 0.100. The molecule has 0 aliphatic heterocycles. The molecule has 8 heteroatoms. The molecule has 0 saturated heterocycles. The number of thiazole rings is 1. The number of nitrogens with zero attached hydrogens (tertiary/aromatic N) is 3. The minimum absolute atomic E-state index is 0.0859. The van der Waals surface area contributed by atoms with Crippen molar-refractivity contribution >= 4 is 28.9 Å². The highest BCUT2D eigenvalue weighted by Crippen LogP contribution is 2.28. The van der Waals surface area contributed by atoms with Crippen molar-refractivity contribution in [1.82, 2.24) is 4.98 Å². The first-order valence-electron chi connectivity index (χ1n) is 8.97. The Morgan fingerprint density at radius 1 is 0.933 bits per heavy atom. The van der Waals surface area contributed by atoms with Crippen molar-refractivity contribution in [2.24, 2.45) is 27.4 Å². The minimum Gasteiger partial charge on any atom is -0.369 e. The van der Waals surface area contributed by atoms with Crippen LogP contribution in [0.4, 0.5) is 0 Å². The molecule has 1 amide bonds. The Hall–Kier alpha value is -3.96. The van der Waals surface area contributed by atoms with Gasteiger partial charge in [0.25, 0.3) is 0 Å². The number of benzene rings is 2. The molecule has 0 aliphatic rings. The number of carbonyl (C=O) groups is 1. The molecule has 0 bridgehead atoms. The Bertz CT molecular complexity index is 1190. The maximum atomic E-state index is 11.1. The van der Waals surface area contributed by atoms with Crippen LogP contribution in [0, 0.1) is 18.8 Å². The molecule has 150 valence electrons. The van der Waals surface area contributed by atoms with Crippen molar-refractivity contribution < 1.29 is 4.79 Å². The SMILES string of the molecule is C/C(=N\N=C(N)N)c1sc(-c2ccc(C#Cc3ccc(C(N)=O)cc3)cc2)nc1C. The van der Waals surface area contributed by atoms with Crippen LogP contribution < -0.4 is 17.2 Å². The lowest BCUT2D eigenvalue weighted by atomic mass is 10.1. The van der Waals surface area contributed by atoms with E-state index in [2.05, 4.69) is 27.0 Å². The second-order valence-electron chi connectivity index (χ2n) is 6.41. The molecule has 2 aromatic carbocycles. The Balaban J connectivity index is 1.78. The maximum Gasteiger partial charge on any atom is 0.248 e. The van der Waals surface area contributed by atoms with Crippen LogP contribution in [0.3, 0.4) is 0 Å². The van der Waals surface area contributed by atoms with Crippen LogP contribution in [0.25, 0.3) is 10.6 Å². The van der Waals surface area contributed by atoms with Gasteiger partial charge >= 0.3 is 0 Å². The Kier molecular flexibility index (Phi) is 6.25. The van der Waals surface area contributed by atoms with E-state index in [4.69, 9.17) is 17.2 Å². The largest absolute Gasteiger partial charge is 0.369 e. The fraction of sp³-hybridized carbons (Fsp3) is 0.0909. The van der Waals surface area contributed by atoms with Gasteiger partial charge in [0.2, 0.25) is 11.9 Å². The second kappa shape index (κ2) is 9.03. The number of guanidine groups is 1. The van der Waals surface area contributed by atoms with Gasteiger partial charge in [-0.2, -0.15) is 5.10 Å². The Morgan fingerprint density at radius 2 is 1.50 bits per heavy atom. The van der Waals surface area contributed by atoms with E-state index >= 15 is 0 Å². The van der Waals surface area contributed by atoms with Gasteiger partial charge < -0.3 is 17.2 Å². The summed E-state index contributed by atoms with van der Waals surface area (Å²) >= 11 is 1.53. The summed E-state index contributed by atoms with van der Waals surface area (Å²) in [6, 6.07) is 14.7. The molecule has 3 aromatic rings. The fourth-order valence-corrected chi connectivity index (χ4v) is 3.60. The highest BCUT2D eigenvalue weighted by molar-refractivity contribution is 7.17. The number of aryl methyl sites for hydroxylation is 1. The van der Waals surface area contributed by atoms with Gasteiger partial charge in [-0.05, 0) is 50.2 Å². The fourth-order valence-electron chi connectivity index (χ4n) is 2.59. The maximum absolute atomic E-state index is 11.1. The van der Waals surface area contributed by atoms with Gasteiger partial charge in [-0.15, -0.1) is 16.4 Å². The van der Waals surface area contributed by atoms with Crippen molar-refractivity contribution in [3.05, 3.63) is 75.8 Å². The highest BCUT2D eigenvalue weighted by atomic mass is 32.1. The first-order valence-corrected chi connectivity index (χ1v) is 9.78. The summed E-state index contributed by atoms with van der Waals surface area (Å²) in [6.45, 7) is 3.76. The van der Waals surface area contributed by atoms with Gasteiger partial charge in [0.05, 0.1) is 16.3 Å². The van der Waals surface area contributed by atoms with Gasteiger partial charge in [0.1, 0.15) is 5.01 Å². The zero-order valence-corrected chi connectivity index (χ0v) is 17.3. The zero-order valence-electron chi connectivity index (χ0n) is 16.5. The number of amides is 1. The second-order valence-corrected chi connectivity index (χ2v) is 7.41. The summed E-state index contributed by atoms with van der Waals surface area (Å²) in [7, 11) is 0. The molecule has 0 atom stereocenters.